The third-order valence-corrected chi connectivity index (χ3v) is 4.78. The molecule has 3 rings (SSSR count). The van der Waals surface area contributed by atoms with Crippen molar-refractivity contribution in [3.8, 4) is 0 Å². The molecular formula is C18H28N2O. The Morgan fingerprint density at radius 1 is 1.19 bits per heavy atom. The van der Waals surface area contributed by atoms with Gasteiger partial charge in [0.1, 0.15) is 0 Å². The summed E-state index contributed by atoms with van der Waals surface area (Å²) in [5.74, 6) is 0. The van der Waals surface area contributed by atoms with Gasteiger partial charge in [0.15, 0.2) is 0 Å². The number of hydrogen-bond acceptors (Lipinski definition) is 3. The monoisotopic (exact) mass is 288 g/mol. The largest absolute Gasteiger partial charge is 0.372 e. The Bertz CT molecular complexity index is 433. The molecule has 0 radical (unpaired) electrons. The Balaban J connectivity index is 1.56. The van der Waals surface area contributed by atoms with E-state index in [2.05, 4.69) is 48.3 Å². The lowest BCUT2D eigenvalue weighted by molar-refractivity contribution is -0.0390. The van der Waals surface area contributed by atoms with Crippen LogP contribution in [0.25, 0.3) is 0 Å². The molecule has 2 aliphatic heterocycles. The summed E-state index contributed by atoms with van der Waals surface area (Å²) in [6.07, 6.45) is 4.70. The highest BCUT2D eigenvalue weighted by Crippen LogP contribution is 2.27. The number of nitrogens with zero attached hydrogens (tertiary/aromatic N) is 1. The molecule has 3 heteroatoms. The number of rotatable bonds is 6. The van der Waals surface area contributed by atoms with E-state index in [1.165, 1.54) is 36.9 Å². The molecule has 2 saturated heterocycles. The van der Waals surface area contributed by atoms with Crippen LogP contribution in [0.5, 0.6) is 0 Å². The van der Waals surface area contributed by atoms with Crippen molar-refractivity contribution >= 4 is 0 Å². The summed E-state index contributed by atoms with van der Waals surface area (Å²) in [5, 5.41) is 3.64. The molecule has 0 amide bonds. The van der Waals surface area contributed by atoms with Crippen LogP contribution in [0, 0.1) is 6.92 Å². The molecule has 0 aliphatic carbocycles. The third kappa shape index (κ3) is 3.85. The van der Waals surface area contributed by atoms with Crippen molar-refractivity contribution < 1.29 is 4.74 Å². The smallest absolute Gasteiger partial charge is 0.0707 e. The molecule has 1 aromatic rings. The van der Waals surface area contributed by atoms with Crippen LogP contribution < -0.4 is 5.32 Å². The molecule has 2 heterocycles. The molecule has 116 valence electrons. The number of hydrogen-bond donors (Lipinski definition) is 1. The van der Waals surface area contributed by atoms with Crippen LogP contribution in [-0.4, -0.2) is 43.3 Å². The Labute approximate surface area is 128 Å². The number of ether oxygens (including phenoxy) is 1. The minimum atomic E-state index is 0.469. The zero-order chi connectivity index (χ0) is 14.7. The van der Waals surface area contributed by atoms with Crippen molar-refractivity contribution in [3.63, 3.8) is 0 Å². The van der Waals surface area contributed by atoms with Gasteiger partial charge in [-0.2, -0.15) is 0 Å². The SMILES string of the molecule is CCNC(CCN1CC2CCC(C1)O2)c1ccc(C)cc1. The lowest BCUT2D eigenvalue weighted by atomic mass is 10.0. The highest BCUT2D eigenvalue weighted by Gasteiger charge is 2.33. The number of fused-ring (bicyclic) bond motifs is 2. The summed E-state index contributed by atoms with van der Waals surface area (Å²) < 4.78 is 5.92. The summed E-state index contributed by atoms with van der Waals surface area (Å²) in [7, 11) is 0. The second kappa shape index (κ2) is 6.91. The minimum absolute atomic E-state index is 0.469. The third-order valence-electron chi connectivity index (χ3n) is 4.78. The lowest BCUT2D eigenvalue weighted by Crippen LogP contribution is -2.43. The fourth-order valence-electron chi connectivity index (χ4n) is 3.63. The van der Waals surface area contributed by atoms with E-state index in [0.717, 1.165) is 19.6 Å². The van der Waals surface area contributed by atoms with Crippen LogP contribution in [-0.2, 0) is 4.74 Å². The summed E-state index contributed by atoms with van der Waals surface area (Å²) >= 11 is 0. The van der Waals surface area contributed by atoms with Gasteiger partial charge < -0.3 is 10.1 Å². The topological polar surface area (TPSA) is 24.5 Å². The highest BCUT2D eigenvalue weighted by molar-refractivity contribution is 5.24. The van der Waals surface area contributed by atoms with Gasteiger partial charge in [-0.05, 0) is 38.3 Å². The molecule has 1 N–H and O–H groups in total. The predicted octanol–water partition coefficient (Wildman–Crippen LogP) is 2.90. The van der Waals surface area contributed by atoms with Crippen LogP contribution in [0.1, 0.15) is 43.4 Å². The fourth-order valence-corrected chi connectivity index (χ4v) is 3.63. The van der Waals surface area contributed by atoms with Gasteiger partial charge in [-0.1, -0.05) is 36.8 Å². The van der Waals surface area contributed by atoms with Crippen molar-refractivity contribution in [1.29, 1.82) is 0 Å². The molecule has 0 aromatic heterocycles. The van der Waals surface area contributed by atoms with Gasteiger partial charge >= 0.3 is 0 Å². The second-order valence-electron chi connectivity index (χ2n) is 6.53. The Morgan fingerprint density at radius 2 is 1.86 bits per heavy atom. The van der Waals surface area contributed by atoms with Gasteiger partial charge in [0.25, 0.3) is 0 Å². The van der Waals surface area contributed by atoms with Crippen LogP contribution >= 0.6 is 0 Å². The van der Waals surface area contributed by atoms with Crippen LogP contribution in [0.4, 0.5) is 0 Å². The summed E-state index contributed by atoms with van der Waals surface area (Å²) in [5.41, 5.74) is 2.75. The van der Waals surface area contributed by atoms with Crippen LogP contribution in [0.3, 0.4) is 0 Å². The van der Waals surface area contributed by atoms with E-state index < -0.39 is 0 Å². The maximum Gasteiger partial charge on any atom is 0.0707 e. The highest BCUT2D eigenvalue weighted by atomic mass is 16.5. The molecule has 0 spiro atoms. The Morgan fingerprint density at radius 3 is 2.48 bits per heavy atom. The first-order valence-electron chi connectivity index (χ1n) is 8.42. The molecule has 2 aliphatic rings. The molecule has 3 unspecified atom stereocenters. The lowest BCUT2D eigenvalue weighted by Gasteiger charge is -2.33. The van der Waals surface area contributed by atoms with Gasteiger partial charge in [-0.15, -0.1) is 0 Å². The first-order chi connectivity index (χ1) is 10.2. The van der Waals surface area contributed by atoms with E-state index >= 15 is 0 Å². The zero-order valence-corrected chi connectivity index (χ0v) is 13.3. The van der Waals surface area contributed by atoms with Crippen molar-refractivity contribution in [2.75, 3.05) is 26.2 Å². The van der Waals surface area contributed by atoms with Gasteiger partial charge in [0, 0.05) is 25.7 Å². The normalized spacial score (nSPS) is 27.0. The average Bonchev–Trinajstić information content (AvgIpc) is 2.83. The second-order valence-corrected chi connectivity index (χ2v) is 6.53. The van der Waals surface area contributed by atoms with E-state index in [9.17, 15) is 0 Å². The van der Waals surface area contributed by atoms with Crippen LogP contribution in [0.15, 0.2) is 24.3 Å². The maximum absolute atomic E-state index is 5.92. The first kappa shape index (κ1) is 15.0. The predicted molar refractivity (Wildman–Crippen MR) is 86.5 cm³/mol. The van der Waals surface area contributed by atoms with Gasteiger partial charge in [0.2, 0.25) is 0 Å². The molecule has 1 aromatic carbocycles. The van der Waals surface area contributed by atoms with E-state index in [1.54, 1.807) is 0 Å². The summed E-state index contributed by atoms with van der Waals surface area (Å²) in [4.78, 5) is 2.60. The Kier molecular flexibility index (Phi) is 4.94. The minimum Gasteiger partial charge on any atom is -0.372 e. The summed E-state index contributed by atoms with van der Waals surface area (Å²) in [6.45, 7) is 8.78. The average molecular weight is 288 g/mol. The number of likely N-dealkylation sites (tertiary alicyclic amines) is 1. The summed E-state index contributed by atoms with van der Waals surface area (Å²) in [6, 6.07) is 9.44. The quantitative estimate of drug-likeness (QED) is 0.871. The zero-order valence-electron chi connectivity index (χ0n) is 13.3. The van der Waals surface area contributed by atoms with Crippen molar-refractivity contribution in [3.05, 3.63) is 35.4 Å². The molecule has 0 saturated carbocycles. The van der Waals surface area contributed by atoms with Crippen molar-refractivity contribution in [2.24, 2.45) is 0 Å². The van der Waals surface area contributed by atoms with Gasteiger partial charge in [-0.3, -0.25) is 4.90 Å². The van der Waals surface area contributed by atoms with E-state index in [-0.39, 0.29) is 0 Å². The molecule has 21 heavy (non-hydrogen) atoms. The van der Waals surface area contributed by atoms with E-state index in [0.29, 0.717) is 18.2 Å². The number of morpholine rings is 1. The van der Waals surface area contributed by atoms with Crippen molar-refractivity contribution in [1.82, 2.24) is 10.2 Å². The van der Waals surface area contributed by atoms with Gasteiger partial charge in [0.05, 0.1) is 12.2 Å². The molecule has 2 bridgehead atoms. The molecule has 3 atom stereocenters. The fraction of sp³-hybridized carbons (Fsp3) is 0.667. The van der Waals surface area contributed by atoms with E-state index in [1.807, 2.05) is 0 Å². The van der Waals surface area contributed by atoms with E-state index in [4.69, 9.17) is 4.74 Å². The number of benzene rings is 1. The van der Waals surface area contributed by atoms with Gasteiger partial charge in [-0.25, -0.2) is 0 Å². The first-order valence-corrected chi connectivity index (χ1v) is 8.42. The standard InChI is InChI=1S/C18H28N2O/c1-3-19-18(15-6-4-14(2)5-7-15)10-11-20-12-16-8-9-17(13-20)21-16/h4-7,16-19H,3,8-13H2,1-2H3. The number of nitrogens with one attached hydrogen (secondary N) is 1. The maximum atomic E-state index is 5.92. The Hall–Kier alpha value is -0.900. The molecular weight excluding hydrogens is 260 g/mol. The van der Waals surface area contributed by atoms with Crippen LogP contribution in [0.2, 0.25) is 0 Å². The molecule has 3 nitrogen and oxygen atoms in total. The number of aryl methyl sites for hydroxylation is 1. The van der Waals surface area contributed by atoms with Crippen molar-refractivity contribution in [2.45, 2.75) is 51.4 Å². The molecule has 2 fully saturated rings.